The number of nitrogens with zero attached hydrogens (tertiary/aromatic N) is 1. The summed E-state index contributed by atoms with van der Waals surface area (Å²) in [4.78, 5) is 39.5. The number of ketones is 1. The molecule has 1 aliphatic rings. The summed E-state index contributed by atoms with van der Waals surface area (Å²) in [5, 5.41) is 12.1. The molecule has 0 unspecified atom stereocenters. The van der Waals surface area contributed by atoms with Crippen molar-refractivity contribution in [3.63, 3.8) is 0 Å². The number of carbonyl (C=O) groups is 3. The number of benzene rings is 2. The van der Waals surface area contributed by atoms with Crippen molar-refractivity contribution in [2.24, 2.45) is 11.8 Å². The van der Waals surface area contributed by atoms with Crippen molar-refractivity contribution < 1.29 is 29.0 Å². The van der Waals surface area contributed by atoms with E-state index < -0.39 is 41.1 Å². The minimum Gasteiger partial charge on any atom is -0.466 e. The van der Waals surface area contributed by atoms with Gasteiger partial charge in [-0.2, -0.15) is 0 Å². The number of fused-ring (bicyclic) bond motifs is 1. The standard InChI is InChI=1S/C28H31NO6/c1-4-34-26(31)24-22(30)15-28(3,33)25(27(32)35-5-2)23(24)20-17-29(16-18-11-7-6-8-12-18)21-14-10-9-13-19(20)21/h6-14,17,23-25,33H,4-5,15-16H2,1-3H3/t23-,24+,25-,28+/m1/s1. The molecule has 2 aromatic carbocycles. The van der Waals surface area contributed by atoms with Gasteiger partial charge in [0.05, 0.1) is 24.7 Å². The van der Waals surface area contributed by atoms with E-state index in [1.54, 1.807) is 13.8 Å². The fourth-order valence-electron chi connectivity index (χ4n) is 5.31. The second-order valence-corrected chi connectivity index (χ2v) is 9.20. The van der Waals surface area contributed by atoms with Gasteiger partial charge in [-0.1, -0.05) is 48.5 Å². The van der Waals surface area contributed by atoms with Crippen molar-refractivity contribution in [1.82, 2.24) is 4.57 Å². The maximum atomic E-state index is 13.3. The van der Waals surface area contributed by atoms with Crippen molar-refractivity contribution >= 4 is 28.6 Å². The van der Waals surface area contributed by atoms with Gasteiger partial charge in [-0.3, -0.25) is 14.4 Å². The molecule has 184 valence electrons. The molecular formula is C28H31NO6. The Morgan fingerprint density at radius 1 is 1.00 bits per heavy atom. The lowest BCUT2D eigenvalue weighted by atomic mass is 9.61. The van der Waals surface area contributed by atoms with Crippen LogP contribution in [0.4, 0.5) is 0 Å². The SMILES string of the molecule is CCOC(=O)[C@H]1C(=O)C[C@](C)(O)[C@@H](C(=O)OCC)[C@@H]1c1cn(Cc2ccccc2)c2ccccc12. The van der Waals surface area contributed by atoms with Crippen molar-refractivity contribution in [2.45, 2.75) is 45.3 Å². The van der Waals surface area contributed by atoms with E-state index in [0.717, 1.165) is 16.5 Å². The number of esters is 2. The zero-order valence-corrected chi connectivity index (χ0v) is 20.3. The first-order chi connectivity index (χ1) is 16.8. The van der Waals surface area contributed by atoms with Gasteiger partial charge in [0.2, 0.25) is 0 Å². The first kappa shape index (κ1) is 24.7. The number of rotatable bonds is 7. The molecule has 1 aromatic heterocycles. The normalized spacial score (nSPS) is 24.3. The third-order valence-electron chi connectivity index (χ3n) is 6.72. The van der Waals surface area contributed by atoms with Gasteiger partial charge in [0.15, 0.2) is 5.78 Å². The topological polar surface area (TPSA) is 94.8 Å². The van der Waals surface area contributed by atoms with Crippen LogP contribution in [0.1, 0.15) is 44.2 Å². The average molecular weight is 478 g/mol. The Labute approximate surface area is 204 Å². The van der Waals surface area contributed by atoms with Gasteiger partial charge in [-0.15, -0.1) is 0 Å². The molecule has 1 saturated carbocycles. The smallest absolute Gasteiger partial charge is 0.317 e. The largest absolute Gasteiger partial charge is 0.466 e. The van der Waals surface area contributed by atoms with Crippen LogP contribution in [-0.4, -0.2) is 46.2 Å². The third-order valence-corrected chi connectivity index (χ3v) is 6.72. The summed E-state index contributed by atoms with van der Waals surface area (Å²) in [6.07, 6.45) is 1.55. The van der Waals surface area contributed by atoms with Crippen molar-refractivity contribution in [3.8, 4) is 0 Å². The number of aromatic nitrogens is 1. The van der Waals surface area contributed by atoms with E-state index >= 15 is 0 Å². The molecule has 0 radical (unpaired) electrons. The Bertz CT molecular complexity index is 1230. The number of hydrogen-bond acceptors (Lipinski definition) is 6. The minimum absolute atomic E-state index is 0.103. The molecule has 1 N–H and O–H groups in total. The van der Waals surface area contributed by atoms with E-state index in [-0.39, 0.29) is 19.6 Å². The number of ether oxygens (including phenoxy) is 2. The van der Waals surface area contributed by atoms with E-state index in [0.29, 0.717) is 12.1 Å². The molecule has 0 saturated heterocycles. The maximum absolute atomic E-state index is 13.3. The summed E-state index contributed by atoms with van der Waals surface area (Å²) in [7, 11) is 0. The van der Waals surface area contributed by atoms with Crippen LogP contribution in [0.5, 0.6) is 0 Å². The highest BCUT2D eigenvalue weighted by atomic mass is 16.5. The van der Waals surface area contributed by atoms with Gasteiger partial charge in [0.1, 0.15) is 5.92 Å². The van der Waals surface area contributed by atoms with Crippen LogP contribution in [0.25, 0.3) is 10.9 Å². The van der Waals surface area contributed by atoms with E-state index in [4.69, 9.17) is 9.47 Å². The lowest BCUT2D eigenvalue weighted by Gasteiger charge is -2.43. The number of hydrogen-bond donors (Lipinski definition) is 1. The first-order valence-corrected chi connectivity index (χ1v) is 12.0. The number of carbonyl (C=O) groups excluding carboxylic acids is 3. The average Bonchev–Trinajstić information content (AvgIpc) is 3.17. The summed E-state index contributed by atoms with van der Waals surface area (Å²) >= 11 is 0. The fraction of sp³-hybridized carbons (Fsp3) is 0.393. The predicted molar refractivity (Wildman–Crippen MR) is 131 cm³/mol. The Morgan fingerprint density at radius 3 is 2.31 bits per heavy atom. The molecule has 7 nitrogen and oxygen atoms in total. The molecule has 0 aliphatic heterocycles. The third kappa shape index (κ3) is 4.73. The van der Waals surface area contributed by atoms with Gasteiger partial charge in [-0.05, 0) is 38.0 Å². The Hall–Kier alpha value is -3.45. The second-order valence-electron chi connectivity index (χ2n) is 9.20. The molecule has 1 aliphatic carbocycles. The lowest BCUT2D eigenvalue weighted by Crippen LogP contribution is -2.55. The van der Waals surface area contributed by atoms with Crippen LogP contribution in [-0.2, 0) is 30.4 Å². The predicted octanol–water partition coefficient (Wildman–Crippen LogP) is 3.86. The first-order valence-electron chi connectivity index (χ1n) is 12.0. The molecule has 1 heterocycles. The van der Waals surface area contributed by atoms with E-state index in [1.807, 2.05) is 65.4 Å². The molecular weight excluding hydrogens is 446 g/mol. The molecule has 35 heavy (non-hydrogen) atoms. The quantitative estimate of drug-likeness (QED) is 0.410. The molecule has 7 heteroatoms. The lowest BCUT2D eigenvalue weighted by molar-refractivity contribution is -0.172. The summed E-state index contributed by atoms with van der Waals surface area (Å²) in [5.74, 6) is -5.05. The zero-order chi connectivity index (χ0) is 25.2. The van der Waals surface area contributed by atoms with Crippen LogP contribution >= 0.6 is 0 Å². The van der Waals surface area contributed by atoms with E-state index in [9.17, 15) is 19.5 Å². The van der Waals surface area contributed by atoms with Gasteiger partial charge in [0, 0.05) is 36.0 Å². The van der Waals surface area contributed by atoms with E-state index in [1.165, 1.54) is 6.92 Å². The molecule has 0 bridgehead atoms. The molecule has 3 aromatic rings. The highest BCUT2D eigenvalue weighted by Gasteiger charge is 2.57. The van der Waals surface area contributed by atoms with Gasteiger partial charge in [0.25, 0.3) is 0 Å². The van der Waals surface area contributed by atoms with Gasteiger partial charge in [-0.25, -0.2) is 0 Å². The van der Waals surface area contributed by atoms with Crippen molar-refractivity contribution in [2.75, 3.05) is 13.2 Å². The highest BCUT2D eigenvalue weighted by molar-refractivity contribution is 6.03. The Balaban J connectivity index is 1.92. The van der Waals surface area contributed by atoms with E-state index in [2.05, 4.69) is 0 Å². The van der Waals surface area contributed by atoms with Gasteiger partial charge < -0.3 is 19.1 Å². The van der Waals surface area contributed by atoms with Crippen LogP contribution in [0.3, 0.4) is 0 Å². The summed E-state index contributed by atoms with van der Waals surface area (Å²) in [5.41, 5.74) is 0.935. The number of Topliss-reactive ketones (excluding diaryl/α,β-unsaturated/α-hetero) is 1. The van der Waals surface area contributed by atoms with Crippen LogP contribution in [0.15, 0.2) is 60.8 Å². The molecule has 0 spiro atoms. The molecule has 0 amide bonds. The Morgan fingerprint density at radius 2 is 1.63 bits per heavy atom. The maximum Gasteiger partial charge on any atom is 0.317 e. The van der Waals surface area contributed by atoms with Crippen LogP contribution in [0, 0.1) is 11.8 Å². The van der Waals surface area contributed by atoms with Crippen LogP contribution in [0.2, 0.25) is 0 Å². The summed E-state index contributed by atoms with van der Waals surface area (Å²) in [6.45, 7) is 5.60. The fourth-order valence-corrected chi connectivity index (χ4v) is 5.31. The monoisotopic (exact) mass is 477 g/mol. The number of para-hydroxylation sites is 1. The minimum atomic E-state index is -1.68. The molecule has 1 fully saturated rings. The molecule has 4 rings (SSSR count). The zero-order valence-electron chi connectivity index (χ0n) is 20.3. The summed E-state index contributed by atoms with van der Waals surface area (Å²) < 4.78 is 12.7. The molecule has 4 atom stereocenters. The van der Waals surface area contributed by atoms with Crippen molar-refractivity contribution in [1.29, 1.82) is 0 Å². The number of aliphatic hydroxyl groups is 1. The van der Waals surface area contributed by atoms with Crippen molar-refractivity contribution in [3.05, 3.63) is 71.9 Å². The Kier molecular flexibility index (Phi) is 7.08. The van der Waals surface area contributed by atoms with Gasteiger partial charge >= 0.3 is 11.9 Å². The highest BCUT2D eigenvalue weighted by Crippen LogP contribution is 2.48. The van der Waals surface area contributed by atoms with Crippen LogP contribution < -0.4 is 0 Å². The summed E-state index contributed by atoms with van der Waals surface area (Å²) in [6, 6.07) is 17.6. The second kappa shape index (κ2) is 10.0.